The van der Waals surface area contributed by atoms with E-state index >= 15 is 0 Å². The van der Waals surface area contributed by atoms with E-state index in [2.05, 4.69) is 0 Å². The van der Waals surface area contributed by atoms with Gasteiger partial charge in [-0.1, -0.05) is 12.1 Å². The Morgan fingerprint density at radius 3 is 2.47 bits per heavy atom. The van der Waals surface area contributed by atoms with E-state index in [1.807, 2.05) is 12.1 Å². The Kier molecular flexibility index (Phi) is 2.34. The fourth-order valence-corrected chi connectivity index (χ4v) is 2.88. The molecule has 1 nitrogen and oxygen atoms in total. The van der Waals surface area contributed by atoms with Crippen LogP contribution in [-0.4, -0.2) is 5.11 Å². The van der Waals surface area contributed by atoms with Crippen molar-refractivity contribution in [1.29, 1.82) is 0 Å². The molecule has 3 aromatic rings. The number of hydrogen-bond donors (Lipinski definition) is 1. The Morgan fingerprint density at radius 1 is 0.941 bits per heavy atom. The SMILES string of the molecule is Oc1ccc2cc(-c3ccc(F)cc3)sc2c1. The molecule has 0 unspecified atom stereocenters. The molecule has 0 saturated carbocycles. The fourth-order valence-electron chi connectivity index (χ4n) is 1.78. The van der Waals surface area contributed by atoms with Crippen molar-refractivity contribution in [2.45, 2.75) is 0 Å². The third-order valence-corrected chi connectivity index (χ3v) is 3.78. The van der Waals surface area contributed by atoms with Crippen molar-refractivity contribution >= 4 is 21.4 Å². The largest absolute Gasteiger partial charge is 0.508 e. The summed E-state index contributed by atoms with van der Waals surface area (Å²) < 4.78 is 13.9. The number of fused-ring (bicyclic) bond motifs is 1. The van der Waals surface area contributed by atoms with Gasteiger partial charge >= 0.3 is 0 Å². The van der Waals surface area contributed by atoms with Crippen LogP contribution in [-0.2, 0) is 0 Å². The molecule has 0 aliphatic heterocycles. The first-order valence-electron chi connectivity index (χ1n) is 5.21. The highest BCUT2D eigenvalue weighted by atomic mass is 32.1. The lowest BCUT2D eigenvalue weighted by molar-refractivity contribution is 0.476. The number of phenols is 1. The Morgan fingerprint density at radius 2 is 1.71 bits per heavy atom. The lowest BCUT2D eigenvalue weighted by Crippen LogP contribution is -1.73. The minimum Gasteiger partial charge on any atom is -0.508 e. The Balaban J connectivity index is 2.14. The third kappa shape index (κ3) is 1.89. The van der Waals surface area contributed by atoms with Crippen molar-refractivity contribution in [3.8, 4) is 16.2 Å². The topological polar surface area (TPSA) is 20.2 Å². The molecule has 1 N–H and O–H groups in total. The number of rotatable bonds is 1. The quantitative estimate of drug-likeness (QED) is 0.672. The van der Waals surface area contributed by atoms with Crippen molar-refractivity contribution in [2.75, 3.05) is 0 Å². The maximum absolute atomic E-state index is 12.8. The van der Waals surface area contributed by atoms with Crippen LogP contribution in [0.4, 0.5) is 4.39 Å². The highest BCUT2D eigenvalue weighted by Gasteiger charge is 2.05. The van der Waals surface area contributed by atoms with Crippen molar-refractivity contribution in [1.82, 2.24) is 0 Å². The van der Waals surface area contributed by atoms with Gasteiger partial charge in [0.25, 0.3) is 0 Å². The first-order valence-corrected chi connectivity index (χ1v) is 6.02. The average molecular weight is 244 g/mol. The molecule has 0 amide bonds. The van der Waals surface area contributed by atoms with E-state index in [-0.39, 0.29) is 11.6 Å². The summed E-state index contributed by atoms with van der Waals surface area (Å²) in [6.45, 7) is 0. The Hall–Kier alpha value is -1.87. The zero-order valence-electron chi connectivity index (χ0n) is 8.85. The van der Waals surface area contributed by atoms with Gasteiger partial charge in [-0.3, -0.25) is 0 Å². The van der Waals surface area contributed by atoms with Crippen molar-refractivity contribution < 1.29 is 9.50 Å². The molecule has 0 bridgehead atoms. The van der Waals surface area contributed by atoms with Gasteiger partial charge in [0.15, 0.2) is 0 Å². The number of phenolic OH excluding ortho intramolecular Hbond substituents is 1. The summed E-state index contributed by atoms with van der Waals surface area (Å²) in [4.78, 5) is 1.07. The monoisotopic (exact) mass is 244 g/mol. The molecule has 2 aromatic carbocycles. The summed E-state index contributed by atoms with van der Waals surface area (Å²) in [6, 6.07) is 13.8. The van der Waals surface area contributed by atoms with Gasteiger partial charge in [0.1, 0.15) is 11.6 Å². The highest BCUT2D eigenvalue weighted by Crippen LogP contribution is 2.35. The molecule has 0 fully saturated rings. The van der Waals surface area contributed by atoms with Gasteiger partial charge in [-0.15, -0.1) is 11.3 Å². The molecule has 1 heterocycles. The predicted octanol–water partition coefficient (Wildman–Crippen LogP) is 4.41. The zero-order valence-corrected chi connectivity index (χ0v) is 9.67. The van der Waals surface area contributed by atoms with E-state index in [0.29, 0.717) is 0 Å². The van der Waals surface area contributed by atoms with Crippen LogP contribution in [0.3, 0.4) is 0 Å². The molecular formula is C14H9FOS. The van der Waals surface area contributed by atoms with Gasteiger partial charge in [-0.05, 0) is 47.3 Å². The normalized spacial score (nSPS) is 10.9. The van der Waals surface area contributed by atoms with E-state index in [4.69, 9.17) is 0 Å². The summed E-state index contributed by atoms with van der Waals surface area (Å²) in [6.07, 6.45) is 0. The standard InChI is InChI=1S/C14H9FOS/c15-11-4-1-9(2-5-11)13-7-10-3-6-12(16)8-14(10)17-13/h1-8,16H. The van der Waals surface area contributed by atoms with E-state index in [1.165, 1.54) is 12.1 Å². The Labute approximate surface area is 102 Å². The summed E-state index contributed by atoms with van der Waals surface area (Å²) in [5, 5.41) is 10.5. The maximum atomic E-state index is 12.8. The molecule has 0 radical (unpaired) electrons. The second-order valence-corrected chi connectivity index (χ2v) is 4.92. The van der Waals surface area contributed by atoms with Crippen molar-refractivity contribution in [3.63, 3.8) is 0 Å². The van der Waals surface area contributed by atoms with E-state index in [0.717, 1.165) is 20.5 Å². The van der Waals surface area contributed by atoms with Gasteiger partial charge in [-0.25, -0.2) is 4.39 Å². The van der Waals surface area contributed by atoms with Crippen LogP contribution in [0.5, 0.6) is 5.75 Å². The smallest absolute Gasteiger partial charge is 0.123 e. The van der Waals surface area contributed by atoms with Crippen LogP contribution in [0, 0.1) is 5.82 Å². The molecule has 3 rings (SSSR count). The van der Waals surface area contributed by atoms with Gasteiger partial charge in [0.2, 0.25) is 0 Å². The van der Waals surface area contributed by atoms with Crippen LogP contribution in [0.2, 0.25) is 0 Å². The maximum Gasteiger partial charge on any atom is 0.123 e. The number of hydrogen-bond acceptors (Lipinski definition) is 2. The molecule has 0 saturated heterocycles. The summed E-state index contributed by atoms with van der Waals surface area (Å²) >= 11 is 1.59. The molecule has 0 atom stereocenters. The van der Waals surface area contributed by atoms with Crippen molar-refractivity contribution in [2.24, 2.45) is 0 Å². The first-order chi connectivity index (χ1) is 8.22. The molecule has 17 heavy (non-hydrogen) atoms. The summed E-state index contributed by atoms with van der Waals surface area (Å²) in [5.74, 6) is 0.0394. The third-order valence-electron chi connectivity index (χ3n) is 2.63. The van der Waals surface area contributed by atoms with Crippen LogP contribution < -0.4 is 0 Å². The molecular weight excluding hydrogens is 235 g/mol. The average Bonchev–Trinajstić information content (AvgIpc) is 2.72. The molecule has 0 aliphatic carbocycles. The molecule has 0 aliphatic rings. The fraction of sp³-hybridized carbons (Fsp3) is 0. The van der Waals surface area contributed by atoms with E-state index in [9.17, 15) is 9.50 Å². The van der Waals surface area contributed by atoms with Crippen LogP contribution in [0.25, 0.3) is 20.5 Å². The van der Waals surface area contributed by atoms with Gasteiger partial charge < -0.3 is 5.11 Å². The number of aromatic hydroxyl groups is 1. The molecule has 0 spiro atoms. The number of thiophene rings is 1. The minimum atomic E-state index is -0.229. The second-order valence-electron chi connectivity index (χ2n) is 3.84. The molecule has 84 valence electrons. The Bertz CT molecular complexity index is 670. The minimum absolute atomic E-state index is 0.229. The van der Waals surface area contributed by atoms with E-state index < -0.39 is 0 Å². The number of benzene rings is 2. The van der Waals surface area contributed by atoms with Crippen molar-refractivity contribution in [3.05, 3.63) is 54.3 Å². The van der Waals surface area contributed by atoms with Crippen LogP contribution >= 0.6 is 11.3 Å². The van der Waals surface area contributed by atoms with E-state index in [1.54, 1.807) is 35.6 Å². The summed E-state index contributed by atoms with van der Waals surface area (Å²) in [7, 11) is 0. The first kappa shape index (κ1) is 10.3. The van der Waals surface area contributed by atoms with Crippen LogP contribution in [0.15, 0.2) is 48.5 Å². The lowest BCUT2D eigenvalue weighted by atomic mass is 10.1. The van der Waals surface area contributed by atoms with Gasteiger partial charge in [0, 0.05) is 9.58 Å². The highest BCUT2D eigenvalue weighted by molar-refractivity contribution is 7.22. The summed E-state index contributed by atoms with van der Waals surface area (Å²) in [5.41, 5.74) is 0.993. The second kappa shape index (κ2) is 3.86. The molecule has 1 aromatic heterocycles. The van der Waals surface area contributed by atoms with Gasteiger partial charge in [0.05, 0.1) is 0 Å². The predicted molar refractivity (Wildman–Crippen MR) is 68.9 cm³/mol. The lowest BCUT2D eigenvalue weighted by Gasteiger charge is -1.95. The zero-order chi connectivity index (χ0) is 11.8. The molecule has 3 heteroatoms. The number of halogens is 1. The van der Waals surface area contributed by atoms with Crippen LogP contribution in [0.1, 0.15) is 0 Å². The van der Waals surface area contributed by atoms with Gasteiger partial charge in [-0.2, -0.15) is 0 Å².